The van der Waals surface area contributed by atoms with E-state index in [0.29, 0.717) is 11.5 Å². The molecular formula is C23H28N4O. The molecule has 1 N–H and O–H groups in total. The molecule has 2 aromatic heterocycles. The zero-order valence-electron chi connectivity index (χ0n) is 16.9. The summed E-state index contributed by atoms with van der Waals surface area (Å²) in [6.45, 7) is 6.24. The summed E-state index contributed by atoms with van der Waals surface area (Å²) in [5.74, 6) is 0.458. The Bertz CT molecular complexity index is 973. The summed E-state index contributed by atoms with van der Waals surface area (Å²) in [7, 11) is 0. The van der Waals surface area contributed by atoms with Gasteiger partial charge in [-0.1, -0.05) is 30.3 Å². The van der Waals surface area contributed by atoms with Crippen molar-refractivity contribution in [1.82, 2.24) is 20.1 Å². The van der Waals surface area contributed by atoms with Crippen molar-refractivity contribution in [3.63, 3.8) is 0 Å². The van der Waals surface area contributed by atoms with Crippen molar-refractivity contribution in [2.24, 2.45) is 0 Å². The van der Waals surface area contributed by atoms with E-state index in [4.69, 9.17) is 4.98 Å². The molecule has 1 unspecified atom stereocenters. The highest BCUT2D eigenvalue weighted by molar-refractivity contribution is 6.05. The maximum atomic E-state index is 13.1. The fourth-order valence-electron chi connectivity index (χ4n) is 3.59. The van der Waals surface area contributed by atoms with Gasteiger partial charge >= 0.3 is 0 Å². The van der Waals surface area contributed by atoms with Crippen LogP contribution < -0.4 is 5.32 Å². The number of carbonyl (C=O) groups is 1. The first-order valence-corrected chi connectivity index (χ1v) is 10.3. The lowest BCUT2D eigenvalue weighted by Gasteiger charge is -2.15. The monoisotopic (exact) mass is 376 g/mol. The van der Waals surface area contributed by atoms with Crippen molar-refractivity contribution >= 4 is 16.9 Å². The van der Waals surface area contributed by atoms with E-state index in [1.807, 2.05) is 16.8 Å². The van der Waals surface area contributed by atoms with Crippen LogP contribution in [0.5, 0.6) is 0 Å². The highest BCUT2D eigenvalue weighted by atomic mass is 16.1. The molecule has 1 aromatic carbocycles. The van der Waals surface area contributed by atoms with E-state index in [0.717, 1.165) is 42.4 Å². The molecule has 2 heterocycles. The van der Waals surface area contributed by atoms with Crippen LogP contribution in [-0.4, -0.2) is 26.7 Å². The van der Waals surface area contributed by atoms with Gasteiger partial charge in [0.15, 0.2) is 5.65 Å². The smallest absolute Gasteiger partial charge is 0.252 e. The van der Waals surface area contributed by atoms with Crippen LogP contribution in [0.15, 0.2) is 42.6 Å². The average molecular weight is 377 g/mol. The molecule has 0 saturated heterocycles. The number of rotatable bonds is 7. The topological polar surface area (TPSA) is 59.8 Å². The zero-order chi connectivity index (χ0) is 19.7. The SMILES string of the molecule is CC(CCc1ccccc1)NC(=O)c1cc(C2CC2)nc2c1cnn2C(C)C. The Morgan fingerprint density at radius 3 is 2.64 bits per heavy atom. The first kappa shape index (κ1) is 18.7. The van der Waals surface area contributed by atoms with Gasteiger partial charge in [-0.3, -0.25) is 4.79 Å². The van der Waals surface area contributed by atoms with Gasteiger partial charge in [0.1, 0.15) is 0 Å². The van der Waals surface area contributed by atoms with Crippen LogP contribution in [0.4, 0.5) is 0 Å². The molecule has 1 saturated carbocycles. The van der Waals surface area contributed by atoms with Gasteiger partial charge in [0, 0.05) is 23.7 Å². The van der Waals surface area contributed by atoms with Crippen LogP contribution in [0.3, 0.4) is 0 Å². The number of benzene rings is 1. The maximum Gasteiger partial charge on any atom is 0.252 e. The number of carbonyl (C=O) groups excluding carboxylic acids is 1. The Morgan fingerprint density at radius 2 is 1.96 bits per heavy atom. The number of pyridine rings is 1. The molecule has 146 valence electrons. The van der Waals surface area contributed by atoms with Crippen molar-refractivity contribution in [3.8, 4) is 0 Å². The van der Waals surface area contributed by atoms with Crippen LogP contribution >= 0.6 is 0 Å². The Kier molecular flexibility index (Phi) is 5.16. The fraction of sp³-hybridized carbons (Fsp3) is 0.435. The molecule has 1 fully saturated rings. The van der Waals surface area contributed by atoms with Crippen molar-refractivity contribution in [1.29, 1.82) is 0 Å². The minimum atomic E-state index is -0.0295. The van der Waals surface area contributed by atoms with E-state index in [9.17, 15) is 4.79 Å². The minimum Gasteiger partial charge on any atom is -0.350 e. The van der Waals surface area contributed by atoms with Crippen LogP contribution in [0.1, 0.15) is 73.6 Å². The summed E-state index contributed by atoms with van der Waals surface area (Å²) in [5.41, 5.74) is 3.84. The minimum absolute atomic E-state index is 0.0295. The predicted molar refractivity (Wildman–Crippen MR) is 112 cm³/mol. The average Bonchev–Trinajstić information content (AvgIpc) is 3.45. The summed E-state index contributed by atoms with van der Waals surface area (Å²) in [6.07, 6.45) is 5.95. The van der Waals surface area contributed by atoms with Gasteiger partial charge in [-0.15, -0.1) is 0 Å². The van der Waals surface area contributed by atoms with Gasteiger partial charge in [-0.2, -0.15) is 5.10 Å². The summed E-state index contributed by atoms with van der Waals surface area (Å²) >= 11 is 0. The number of aromatic nitrogens is 3. The van der Waals surface area contributed by atoms with Crippen molar-refractivity contribution in [2.45, 2.75) is 64.5 Å². The molecule has 0 radical (unpaired) electrons. The molecule has 0 spiro atoms. The summed E-state index contributed by atoms with van der Waals surface area (Å²) in [6, 6.07) is 12.7. The standard InChI is InChI=1S/C23H28N4O/c1-15(2)27-22-20(14-24-27)19(13-21(26-22)18-11-12-18)23(28)25-16(3)9-10-17-7-5-4-6-8-17/h4-8,13-16,18H,9-12H2,1-3H3,(H,25,28). The van der Waals surface area contributed by atoms with Crippen LogP contribution in [0, 0.1) is 0 Å². The Labute approximate surface area is 166 Å². The summed E-state index contributed by atoms with van der Waals surface area (Å²) in [4.78, 5) is 17.9. The van der Waals surface area contributed by atoms with Gasteiger partial charge in [0.25, 0.3) is 5.91 Å². The molecular weight excluding hydrogens is 348 g/mol. The van der Waals surface area contributed by atoms with E-state index in [2.05, 4.69) is 55.5 Å². The molecule has 1 aliphatic rings. The van der Waals surface area contributed by atoms with Gasteiger partial charge in [0.05, 0.1) is 17.1 Å². The van der Waals surface area contributed by atoms with Crippen LogP contribution in [0.25, 0.3) is 11.0 Å². The molecule has 3 aromatic rings. The van der Waals surface area contributed by atoms with Gasteiger partial charge in [-0.25, -0.2) is 9.67 Å². The summed E-state index contributed by atoms with van der Waals surface area (Å²) in [5, 5.41) is 8.51. The number of fused-ring (bicyclic) bond motifs is 1. The Balaban J connectivity index is 1.54. The normalized spacial score (nSPS) is 15.1. The first-order valence-electron chi connectivity index (χ1n) is 10.3. The Hall–Kier alpha value is -2.69. The van der Waals surface area contributed by atoms with E-state index >= 15 is 0 Å². The molecule has 0 bridgehead atoms. The molecule has 5 nitrogen and oxygen atoms in total. The highest BCUT2D eigenvalue weighted by Crippen LogP contribution is 2.40. The third kappa shape index (κ3) is 3.93. The number of hydrogen-bond acceptors (Lipinski definition) is 3. The third-order valence-corrected chi connectivity index (χ3v) is 5.40. The third-order valence-electron chi connectivity index (χ3n) is 5.40. The van der Waals surface area contributed by atoms with Crippen molar-refractivity contribution in [2.75, 3.05) is 0 Å². The fourth-order valence-corrected chi connectivity index (χ4v) is 3.59. The highest BCUT2D eigenvalue weighted by Gasteiger charge is 2.28. The second-order valence-electron chi connectivity index (χ2n) is 8.19. The zero-order valence-corrected chi connectivity index (χ0v) is 16.9. The summed E-state index contributed by atoms with van der Waals surface area (Å²) < 4.78 is 1.91. The van der Waals surface area contributed by atoms with Gasteiger partial charge in [-0.05, 0) is 58.1 Å². The first-order chi connectivity index (χ1) is 13.5. The van der Waals surface area contributed by atoms with E-state index in [1.165, 1.54) is 5.56 Å². The van der Waals surface area contributed by atoms with Crippen molar-refractivity contribution < 1.29 is 4.79 Å². The van der Waals surface area contributed by atoms with Gasteiger partial charge in [0.2, 0.25) is 0 Å². The van der Waals surface area contributed by atoms with E-state index in [-0.39, 0.29) is 18.0 Å². The number of amides is 1. The van der Waals surface area contributed by atoms with E-state index in [1.54, 1.807) is 6.20 Å². The maximum absolute atomic E-state index is 13.1. The molecule has 0 aliphatic heterocycles. The molecule has 1 aliphatic carbocycles. The molecule has 28 heavy (non-hydrogen) atoms. The second-order valence-corrected chi connectivity index (χ2v) is 8.19. The van der Waals surface area contributed by atoms with Crippen LogP contribution in [0.2, 0.25) is 0 Å². The van der Waals surface area contributed by atoms with E-state index < -0.39 is 0 Å². The molecule has 4 rings (SSSR count). The second kappa shape index (κ2) is 7.74. The van der Waals surface area contributed by atoms with Crippen LogP contribution in [-0.2, 0) is 6.42 Å². The lowest BCUT2D eigenvalue weighted by Crippen LogP contribution is -2.33. The van der Waals surface area contributed by atoms with Gasteiger partial charge < -0.3 is 5.32 Å². The molecule has 5 heteroatoms. The van der Waals surface area contributed by atoms with Crippen molar-refractivity contribution in [3.05, 3.63) is 59.4 Å². The number of hydrogen-bond donors (Lipinski definition) is 1. The number of nitrogens with one attached hydrogen (secondary N) is 1. The number of nitrogens with zero attached hydrogens (tertiary/aromatic N) is 3. The lowest BCUT2D eigenvalue weighted by molar-refractivity contribution is 0.0940. The predicted octanol–water partition coefficient (Wildman–Crippen LogP) is 4.64. The lowest BCUT2D eigenvalue weighted by atomic mass is 10.0. The largest absolute Gasteiger partial charge is 0.350 e. The Morgan fingerprint density at radius 1 is 1.21 bits per heavy atom. The molecule has 1 atom stereocenters. The molecule has 1 amide bonds. The quantitative estimate of drug-likeness (QED) is 0.653. The number of aryl methyl sites for hydroxylation is 1.